The normalized spacial score (nSPS) is 12.1. The summed E-state index contributed by atoms with van der Waals surface area (Å²) >= 11 is 0. The van der Waals surface area contributed by atoms with Gasteiger partial charge in [0.25, 0.3) is 0 Å². The van der Waals surface area contributed by atoms with Crippen LogP contribution in [0.1, 0.15) is 341 Å². The molecule has 0 saturated heterocycles. The van der Waals surface area contributed by atoms with Crippen LogP contribution in [0.2, 0.25) is 0 Å². The van der Waals surface area contributed by atoms with E-state index in [1.807, 2.05) is 0 Å². The van der Waals surface area contributed by atoms with Crippen molar-refractivity contribution in [2.24, 2.45) is 0 Å². The van der Waals surface area contributed by atoms with E-state index in [1.54, 1.807) is 0 Å². The van der Waals surface area contributed by atoms with Gasteiger partial charge in [0, 0.05) is 6.42 Å². The highest BCUT2D eigenvalue weighted by molar-refractivity contribution is 5.69. The highest BCUT2D eigenvalue weighted by Crippen LogP contribution is 2.18. The fraction of sp³-hybridized carbons (Fsp3) is 0.982. The van der Waals surface area contributed by atoms with Crippen molar-refractivity contribution >= 4 is 5.97 Å². The van der Waals surface area contributed by atoms with Gasteiger partial charge in [-0.2, -0.15) is 0 Å². The Hall–Kier alpha value is -0.570. The van der Waals surface area contributed by atoms with Gasteiger partial charge in [0.2, 0.25) is 0 Å². The Bertz CT molecular complexity index is 751. The van der Waals surface area contributed by atoms with Crippen molar-refractivity contribution in [2.45, 2.75) is 347 Å². The van der Waals surface area contributed by atoms with E-state index in [-0.39, 0.29) is 12.1 Å². The molecule has 0 heterocycles. The number of hydrogen-bond acceptors (Lipinski definition) is 3. The van der Waals surface area contributed by atoms with E-state index in [4.69, 9.17) is 4.74 Å². The van der Waals surface area contributed by atoms with Gasteiger partial charge in [0.15, 0.2) is 0 Å². The van der Waals surface area contributed by atoms with E-state index in [0.717, 1.165) is 32.1 Å². The molecule has 0 rings (SSSR count). The van der Waals surface area contributed by atoms with Crippen molar-refractivity contribution in [3.63, 3.8) is 0 Å². The summed E-state index contributed by atoms with van der Waals surface area (Å²) < 4.78 is 5.48. The van der Waals surface area contributed by atoms with Gasteiger partial charge >= 0.3 is 5.97 Å². The van der Waals surface area contributed by atoms with Crippen LogP contribution in [-0.4, -0.2) is 23.8 Å². The molecule has 0 saturated carbocycles. The summed E-state index contributed by atoms with van der Waals surface area (Å²) in [5.41, 5.74) is 0. The number of aliphatic hydroxyl groups excluding tert-OH is 1. The number of carbonyl (C=O) groups is 1. The molecule has 59 heavy (non-hydrogen) atoms. The number of hydrogen-bond donors (Lipinski definition) is 1. The van der Waals surface area contributed by atoms with Crippen molar-refractivity contribution in [3.05, 3.63) is 0 Å². The van der Waals surface area contributed by atoms with E-state index < -0.39 is 0 Å². The van der Waals surface area contributed by atoms with E-state index in [1.165, 1.54) is 289 Å². The van der Waals surface area contributed by atoms with Crippen molar-refractivity contribution < 1.29 is 14.6 Å². The zero-order valence-electron chi connectivity index (χ0n) is 41.1. The van der Waals surface area contributed by atoms with Gasteiger partial charge in [-0.25, -0.2) is 0 Å². The Balaban J connectivity index is 3.15. The van der Waals surface area contributed by atoms with Gasteiger partial charge in [0.05, 0.1) is 12.7 Å². The Morgan fingerprint density at radius 3 is 0.780 bits per heavy atom. The first-order valence-corrected chi connectivity index (χ1v) is 28.0. The first kappa shape index (κ1) is 58.4. The maximum Gasteiger partial charge on any atom is 0.305 e. The van der Waals surface area contributed by atoms with Crippen molar-refractivity contribution in [1.82, 2.24) is 0 Å². The first-order valence-electron chi connectivity index (χ1n) is 28.0. The summed E-state index contributed by atoms with van der Waals surface area (Å²) in [5.74, 6) is 0.00885. The molecule has 0 aliphatic carbocycles. The van der Waals surface area contributed by atoms with E-state index >= 15 is 0 Å². The maximum atomic E-state index is 12.0. The highest BCUT2D eigenvalue weighted by atomic mass is 16.5. The number of ether oxygens (including phenoxy) is 1. The van der Waals surface area contributed by atoms with Crippen LogP contribution >= 0.6 is 0 Å². The lowest BCUT2D eigenvalue weighted by atomic mass is 10.0. The van der Waals surface area contributed by atoms with Gasteiger partial charge in [-0.05, 0) is 25.7 Å². The number of carbonyl (C=O) groups excluding carboxylic acids is 1. The third-order valence-corrected chi connectivity index (χ3v) is 13.3. The lowest BCUT2D eigenvalue weighted by Crippen LogP contribution is -2.06. The summed E-state index contributed by atoms with van der Waals surface area (Å²) in [7, 11) is 0. The fourth-order valence-corrected chi connectivity index (χ4v) is 9.10. The van der Waals surface area contributed by atoms with E-state index in [0.29, 0.717) is 13.0 Å². The second kappa shape index (κ2) is 53.6. The molecular weight excluding hydrogens is 721 g/mol. The number of aliphatic hydroxyl groups is 1. The van der Waals surface area contributed by atoms with Gasteiger partial charge in [-0.1, -0.05) is 309 Å². The van der Waals surface area contributed by atoms with Crippen LogP contribution in [0, 0.1) is 0 Å². The van der Waals surface area contributed by atoms with Gasteiger partial charge < -0.3 is 9.84 Å². The molecule has 0 aromatic carbocycles. The van der Waals surface area contributed by atoms with E-state index in [9.17, 15) is 9.90 Å². The summed E-state index contributed by atoms with van der Waals surface area (Å²) in [6, 6.07) is 0. The molecule has 0 aliphatic rings. The number of unbranched alkanes of at least 4 members (excludes halogenated alkanes) is 45. The molecule has 0 aliphatic heterocycles. The minimum Gasteiger partial charge on any atom is -0.466 e. The maximum absolute atomic E-state index is 12.0. The van der Waals surface area contributed by atoms with Crippen LogP contribution in [0.25, 0.3) is 0 Å². The average molecular weight is 834 g/mol. The third-order valence-electron chi connectivity index (χ3n) is 13.3. The van der Waals surface area contributed by atoms with E-state index in [2.05, 4.69) is 13.8 Å². The van der Waals surface area contributed by atoms with Crippen LogP contribution in [-0.2, 0) is 9.53 Å². The molecule has 3 heteroatoms. The minimum absolute atomic E-state index is 0.00885. The van der Waals surface area contributed by atoms with Crippen molar-refractivity contribution in [2.75, 3.05) is 6.61 Å². The zero-order valence-corrected chi connectivity index (χ0v) is 41.1. The SMILES string of the molecule is CCCCCCCCCCCCCCCCCCCCCCCCCCCCCCCCCCCCCCOC(=O)CCCCCCCCCCC(O)CCCCCC. The summed E-state index contributed by atoms with van der Waals surface area (Å²) in [6.45, 7) is 5.16. The Kier molecular flexibility index (Phi) is 53.0. The largest absolute Gasteiger partial charge is 0.466 e. The molecule has 0 fully saturated rings. The Morgan fingerprint density at radius 1 is 0.305 bits per heavy atom. The van der Waals surface area contributed by atoms with Crippen molar-refractivity contribution in [1.29, 1.82) is 0 Å². The molecule has 1 atom stereocenters. The van der Waals surface area contributed by atoms with Crippen molar-refractivity contribution in [3.8, 4) is 0 Å². The van der Waals surface area contributed by atoms with Crippen LogP contribution in [0.4, 0.5) is 0 Å². The molecular formula is C56H112O3. The summed E-state index contributed by atoms with van der Waals surface area (Å²) in [4.78, 5) is 12.0. The molecule has 1 unspecified atom stereocenters. The second-order valence-electron chi connectivity index (χ2n) is 19.5. The smallest absolute Gasteiger partial charge is 0.305 e. The fourth-order valence-electron chi connectivity index (χ4n) is 9.10. The number of rotatable bonds is 53. The van der Waals surface area contributed by atoms with Crippen LogP contribution < -0.4 is 0 Å². The van der Waals surface area contributed by atoms with Crippen LogP contribution in [0.15, 0.2) is 0 Å². The second-order valence-corrected chi connectivity index (χ2v) is 19.5. The van der Waals surface area contributed by atoms with Crippen LogP contribution in [0.3, 0.4) is 0 Å². The van der Waals surface area contributed by atoms with Gasteiger partial charge in [0.1, 0.15) is 0 Å². The molecule has 0 amide bonds. The molecule has 1 N–H and O–H groups in total. The Morgan fingerprint density at radius 2 is 0.508 bits per heavy atom. The molecule has 3 nitrogen and oxygen atoms in total. The first-order chi connectivity index (χ1) is 29.2. The molecule has 0 bridgehead atoms. The summed E-state index contributed by atoms with van der Waals surface area (Å²) in [6.07, 6.45) is 68.7. The van der Waals surface area contributed by atoms with Gasteiger partial charge in [-0.3, -0.25) is 4.79 Å². The molecule has 0 radical (unpaired) electrons. The summed E-state index contributed by atoms with van der Waals surface area (Å²) in [5, 5.41) is 10.1. The van der Waals surface area contributed by atoms with Gasteiger partial charge in [-0.15, -0.1) is 0 Å². The van der Waals surface area contributed by atoms with Crippen LogP contribution in [0.5, 0.6) is 0 Å². The predicted molar refractivity (Wildman–Crippen MR) is 264 cm³/mol. The lowest BCUT2D eigenvalue weighted by molar-refractivity contribution is -0.143. The quantitative estimate of drug-likeness (QED) is 0.0490. The molecule has 0 aromatic rings. The number of esters is 1. The predicted octanol–water partition coefficient (Wildman–Crippen LogP) is 19.8. The zero-order chi connectivity index (χ0) is 42.6. The minimum atomic E-state index is -0.0798. The Labute approximate surface area is 373 Å². The molecule has 354 valence electrons. The highest BCUT2D eigenvalue weighted by Gasteiger charge is 2.05. The molecule has 0 spiro atoms. The third kappa shape index (κ3) is 53.5. The monoisotopic (exact) mass is 833 g/mol. The average Bonchev–Trinajstić information content (AvgIpc) is 3.24. The lowest BCUT2D eigenvalue weighted by Gasteiger charge is -2.10. The molecule has 0 aromatic heterocycles. The topological polar surface area (TPSA) is 46.5 Å². The standard InChI is InChI=1S/C56H112O3/c1-3-5-7-9-10-11-12-13-14-15-16-17-18-19-20-21-22-23-24-25-26-27-28-29-30-31-32-33-34-35-36-37-40-43-46-50-54-59-56(58)53-49-45-42-39-38-41-44-48-52-55(57)51-47-8-6-4-2/h55,57H,3-54H2,1-2H3.